The summed E-state index contributed by atoms with van der Waals surface area (Å²) in [5.41, 5.74) is 8.76. The lowest BCUT2D eigenvalue weighted by molar-refractivity contribution is -0.139. The van der Waals surface area contributed by atoms with Crippen molar-refractivity contribution in [3.8, 4) is 11.3 Å². The first-order chi connectivity index (χ1) is 18.2. The predicted molar refractivity (Wildman–Crippen MR) is 151 cm³/mol. The lowest BCUT2D eigenvalue weighted by atomic mass is 9.91. The van der Waals surface area contributed by atoms with Crippen molar-refractivity contribution < 1.29 is 4.79 Å². The molecular weight excluding hydrogens is 476 g/mol. The summed E-state index contributed by atoms with van der Waals surface area (Å²) in [5, 5.41) is 4.41. The number of carbonyl (C=O) groups excluding carboxylic acids is 1. The Morgan fingerprint density at radius 1 is 1.13 bits per heavy atom. The van der Waals surface area contributed by atoms with E-state index in [1.165, 1.54) is 17.5 Å². The summed E-state index contributed by atoms with van der Waals surface area (Å²) in [4.78, 5) is 33.0. The molecule has 0 aromatic carbocycles. The third kappa shape index (κ3) is 4.04. The highest BCUT2D eigenvalue weighted by Gasteiger charge is 2.40. The Morgan fingerprint density at radius 2 is 1.87 bits per heavy atom. The molecule has 2 aliphatic heterocycles. The van der Waals surface area contributed by atoms with Gasteiger partial charge in [-0.05, 0) is 76.4 Å². The van der Waals surface area contributed by atoms with E-state index in [0.717, 1.165) is 65.3 Å². The minimum atomic E-state index is 0.249. The first kappa shape index (κ1) is 24.9. The van der Waals surface area contributed by atoms with E-state index in [1.54, 1.807) is 6.33 Å². The number of nitrogens with one attached hydrogen (secondary N) is 1. The fourth-order valence-corrected chi connectivity index (χ4v) is 6.53. The minimum absolute atomic E-state index is 0.249. The van der Waals surface area contributed by atoms with Crippen LogP contribution in [0.5, 0.6) is 0 Å². The molecule has 200 valence electrons. The van der Waals surface area contributed by atoms with Crippen LogP contribution < -0.4 is 4.90 Å². The standard InChI is InChI=1S/C29H38N8O/c1-17(2)26-27(22-14-36-29(30-16-31-36)19(4)18(22)3)32-23-10-11-24(33-28(23)26)35-12-20-8-7-9-21(13-35)37(20)25(38)15-34(5)6/h10-11,14,16-17,20-21,32H,7-9,12-13,15H2,1-6H3/t20-,21?/m1/s1. The average Bonchev–Trinajstić information content (AvgIpc) is 3.49. The van der Waals surface area contributed by atoms with Gasteiger partial charge in [0, 0.05) is 42.5 Å². The van der Waals surface area contributed by atoms with Gasteiger partial charge in [0.15, 0.2) is 5.65 Å². The molecule has 0 aliphatic carbocycles. The molecule has 1 amide bonds. The lowest BCUT2D eigenvalue weighted by Gasteiger charge is -2.50. The molecule has 0 saturated carbocycles. The van der Waals surface area contributed by atoms with Gasteiger partial charge in [-0.2, -0.15) is 5.10 Å². The van der Waals surface area contributed by atoms with Crippen LogP contribution in [0.3, 0.4) is 0 Å². The molecule has 6 rings (SSSR count). The van der Waals surface area contributed by atoms with Crippen LogP contribution in [0.1, 0.15) is 55.7 Å². The molecule has 2 atom stereocenters. The molecule has 9 heteroatoms. The third-order valence-electron chi connectivity index (χ3n) is 8.42. The zero-order valence-electron chi connectivity index (χ0n) is 23.3. The maximum atomic E-state index is 13.0. The number of carbonyl (C=O) groups is 1. The molecule has 2 fully saturated rings. The first-order valence-corrected chi connectivity index (χ1v) is 13.8. The SMILES string of the molecule is Cc1c(-c2[nH]c3ccc(N4CC5CCC[C@H](C4)N5C(=O)CN(C)C)nc3c2C(C)C)cn2ncnc2c1C. The van der Waals surface area contributed by atoms with E-state index in [1.807, 2.05) is 23.5 Å². The summed E-state index contributed by atoms with van der Waals surface area (Å²) >= 11 is 0. The largest absolute Gasteiger partial charge is 0.353 e. The number of amides is 1. The number of aromatic amines is 1. The zero-order valence-corrected chi connectivity index (χ0v) is 23.3. The van der Waals surface area contributed by atoms with Crippen molar-refractivity contribution in [3.05, 3.63) is 41.3 Å². The van der Waals surface area contributed by atoms with Crippen LogP contribution in [-0.4, -0.2) is 86.1 Å². The Bertz CT molecular complexity index is 1500. The Balaban J connectivity index is 1.38. The summed E-state index contributed by atoms with van der Waals surface area (Å²) in [5.74, 6) is 1.54. The fraction of sp³-hybridized carbons (Fsp3) is 0.517. The van der Waals surface area contributed by atoms with Gasteiger partial charge < -0.3 is 19.7 Å². The molecule has 6 heterocycles. The number of hydrogen-bond acceptors (Lipinski definition) is 6. The van der Waals surface area contributed by atoms with Crippen LogP contribution in [0.25, 0.3) is 27.9 Å². The maximum absolute atomic E-state index is 13.0. The van der Waals surface area contributed by atoms with Crippen molar-refractivity contribution in [1.82, 2.24) is 34.4 Å². The number of H-pyrrole nitrogens is 1. The first-order valence-electron chi connectivity index (χ1n) is 13.8. The van der Waals surface area contributed by atoms with E-state index in [-0.39, 0.29) is 23.9 Å². The van der Waals surface area contributed by atoms with Crippen LogP contribution in [-0.2, 0) is 4.79 Å². The maximum Gasteiger partial charge on any atom is 0.237 e. The van der Waals surface area contributed by atoms with Crippen LogP contribution in [0.4, 0.5) is 5.82 Å². The number of aryl methyl sites for hydroxylation is 1. The number of nitrogens with zero attached hydrogens (tertiary/aromatic N) is 7. The number of aromatic nitrogens is 5. The summed E-state index contributed by atoms with van der Waals surface area (Å²) in [6, 6.07) is 4.80. The van der Waals surface area contributed by atoms with Crippen molar-refractivity contribution in [1.29, 1.82) is 0 Å². The molecule has 0 spiro atoms. The molecule has 9 nitrogen and oxygen atoms in total. The van der Waals surface area contributed by atoms with E-state index >= 15 is 0 Å². The van der Waals surface area contributed by atoms with Crippen LogP contribution >= 0.6 is 0 Å². The molecule has 0 radical (unpaired) electrons. The topological polar surface area (TPSA) is 85.7 Å². The second-order valence-corrected chi connectivity index (χ2v) is 11.6. The Hall–Kier alpha value is -3.46. The van der Waals surface area contributed by atoms with Gasteiger partial charge in [-0.3, -0.25) is 4.79 Å². The lowest BCUT2D eigenvalue weighted by Crippen LogP contribution is -2.63. The number of likely N-dealkylation sites (N-methyl/N-ethyl adjacent to an activating group) is 1. The molecule has 2 aliphatic rings. The number of piperazine rings is 1. The van der Waals surface area contributed by atoms with Crippen molar-refractivity contribution in [3.63, 3.8) is 0 Å². The Labute approximate surface area is 223 Å². The van der Waals surface area contributed by atoms with Gasteiger partial charge in [-0.15, -0.1) is 0 Å². The van der Waals surface area contributed by atoms with E-state index in [4.69, 9.17) is 4.98 Å². The fourth-order valence-electron chi connectivity index (χ4n) is 6.53. The monoisotopic (exact) mass is 514 g/mol. The van der Waals surface area contributed by atoms with E-state index < -0.39 is 0 Å². The average molecular weight is 515 g/mol. The van der Waals surface area contributed by atoms with Crippen LogP contribution in [0.15, 0.2) is 24.7 Å². The minimum Gasteiger partial charge on any atom is -0.353 e. The molecule has 1 N–H and O–H groups in total. The molecule has 38 heavy (non-hydrogen) atoms. The van der Waals surface area contributed by atoms with Crippen molar-refractivity contribution >= 4 is 28.4 Å². The summed E-state index contributed by atoms with van der Waals surface area (Å²) in [6.07, 6.45) is 6.99. The van der Waals surface area contributed by atoms with Crippen LogP contribution in [0, 0.1) is 13.8 Å². The summed E-state index contributed by atoms with van der Waals surface area (Å²) in [7, 11) is 3.93. The van der Waals surface area contributed by atoms with Gasteiger partial charge in [0.1, 0.15) is 12.1 Å². The molecule has 4 aromatic heterocycles. The number of piperidine rings is 1. The number of rotatable bonds is 5. The highest BCUT2D eigenvalue weighted by atomic mass is 16.2. The highest BCUT2D eigenvalue weighted by molar-refractivity contribution is 5.90. The van der Waals surface area contributed by atoms with Crippen molar-refractivity contribution in [2.45, 2.75) is 65.0 Å². The van der Waals surface area contributed by atoms with Crippen molar-refractivity contribution in [2.75, 3.05) is 38.6 Å². The summed E-state index contributed by atoms with van der Waals surface area (Å²) in [6.45, 7) is 10.9. The number of anilines is 1. The predicted octanol–water partition coefficient (Wildman–Crippen LogP) is 4.14. The highest BCUT2D eigenvalue weighted by Crippen LogP contribution is 2.38. The molecular formula is C29H38N8O. The number of hydrogen-bond donors (Lipinski definition) is 1. The van der Waals surface area contributed by atoms with Gasteiger partial charge in [0.05, 0.1) is 23.3 Å². The Kier molecular flexibility index (Phi) is 6.13. The quantitative estimate of drug-likeness (QED) is 0.431. The van der Waals surface area contributed by atoms with E-state index in [9.17, 15) is 4.79 Å². The third-order valence-corrected chi connectivity index (χ3v) is 8.42. The normalized spacial score (nSPS) is 19.9. The number of pyridine rings is 2. The smallest absolute Gasteiger partial charge is 0.237 e. The van der Waals surface area contributed by atoms with Gasteiger partial charge in [0.25, 0.3) is 0 Å². The van der Waals surface area contributed by atoms with Gasteiger partial charge in [0.2, 0.25) is 5.91 Å². The van der Waals surface area contributed by atoms with Crippen molar-refractivity contribution in [2.24, 2.45) is 0 Å². The number of fused-ring (bicyclic) bond motifs is 4. The van der Waals surface area contributed by atoms with Gasteiger partial charge in [-0.1, -0.05) is 13.8 Å². The Morgan fingerprint density at radius 3 is 2.55 bits per heavy atom. The second kappa shape index (κ2) is 9.38. The van der Waals surface area contributed by atoms with Crippen LogP contribution in [0.2, 0.25) is 0 Å². The molecule has 2 bridgehead atoms. The summed E-state index contributed by atoms with van der Waals surface area (Å²) < 4.78 is 1.86. The zero-order chi connectivity index (χ0) is 26.7. The van der Waals surface area contributed by atoms with E-state index in [2.05, 4.69) is 70.9 Å². The molecule has 4 aromatic rings. The second-order valence-electron chi connectivity index (χ2n) is 11.6. The van der Waals surface area contributed by atoms with E-state index in [0.29, 0.717) is 6.54 Å². The molecule has 2 saturated heterocycles. The van der Waals surface area contributed by atoms with Gasteiger partial charge >= 0.3 is 0 Å². The van der Waals surface area contributed by atoms with Gasteiger partial charge in [-0.25, -0.2) is 14.5 Å². The molecule has 1 unspecified atom stereocenters.